The SMILES string of the molecule is CO[C@H]1[C@H](NC(=O)Cn2nc(C)c(C)c2C)c2ccccc2C12CCNCC2.Cl. The van der Waals surface area contributed by atoms with E-state index in [2.05, 4.69) is 40.0 Å². The lowest BCUT2D eigenvalue weighted by Gasteiger charge is -2.40. The molecule has 2 aliphatic rings. The molecule has 0 saturated carbocycles. The number of amides is 1. The lowest BCUT2D eigenvalue weighted by Crippen LogP contribution is -2.49. The molecule has 2 aromatic rings. The molecule has 1 amide bonds. The number of aryl methyl sites for hydroxylation is 1. The van der Waals surface area contributed by atoms with Crippen LogP contribution < -0.4 is 10.6 Å². The number of rotatable bonds is 4. The first-order chi connectivity index (χ1) is 13.5. The number of carbonyl (C=O) groups is 1. The van der Waals surface area contributed by atoms with Gasteiger partial charge in [-0.05, 0) is 63.4 Å². The number of hydrogen-bond acceptors (Lipinski definition) is 4. The highest BCUT2D eigenvalue weighted by Crippen LogP contribution is 2.51. The van der Waals surface area contributed by atoms with Crippen LogP contribution in [0.15, 0.2) is 24.3 Å². The van der Waals surface area contributed by atoms with Crippen LogP contribution in [-0.2, 0) is 21.5 Å². The van der Waals surface area contributed by atoms with Crippen LogP contribution in [0.5, 0.6) is 0 Å². The second kappa shape index (κ2) is 8.46. The fraction of sp³-hybridized carbons (Fsp3) is 0.545. The zero-order valence-electron chi connectivity index (χ0n) is 17.6. The Morgan fingerprint density at radius 2 is 1.97 bits per heavy atom. The van der Waals surface area contributed by atoms with Gasteiger partial charge in [-0.25, -0.2) is 0 Å². The molecule has 1 spiro atoms. The third kappa shape index (κ3) is 3.58. The van der Waals surface area contributed by atoms with Gasteiger partial charge in [0, 0.05) is 18.2 Å². The van der Waals surface area contributed by atoms with E-state index in [9.17, 15) is 4.79 Å². The summed E-state index contributed by atoms with van der Waals surface area (Å²) >= 11 is 0. The molecule has 2 heterocycles. The van der Waals surface area contributed by atoms with Crippen LogP contribution in [0.25, 0.3) is 0 Å². The Morgan fingerprint density at radius 3 is 2.59 bits per heavy atom. The van der Waals surface area contributed by atoms with Crippen molar-refractivity contribution in [3.63, 3.8) is 0 Å². The monoisotopic (exact) mass is 418 g/mol. The number of ether oxygens (including phenoxy) is 1. The molecule has 1 fully saturated rings. The molecule has 1 aromatic heterocycles. The fourth-order valence-electron chi connectivity index (χ4n) is 5.09. The van der Waals surface area contributed by atoms with E-state index < -0.39 is 0 Å². The third-order valence-corrected chi connectivity index (χ3v) is 6.78. The maximum absolute atomic E-state index is 12.9. The predicted molar refractivity (Wildman–Crippen MR) is 116 cm³/mol. The van der Waals surface area contributed by atoms with Gasteiger partial charge in [0.1, 0.15) is 6.54 Å². The fourth-order valence-corrected chi connectivity index (χ4v) is 5.09. The number of carbonyl (C=O) groups excluding carboxylic acids is 1. The molecule has 0 bridgehead atoms. The van der Waals surface area contributed by atoms with Crippen molar-refractivity contribution >= 4 is 18.3 Å². The summed E-state index contributed by atoms with van der Waals surface area (Å²) in [6.45, 7) is 8.20. The molecule has 0 unspecified atom stereocenters. The zero-order chi connectivity index (χ0) is 19.9. The summed E-state index contributed by atoms with van der Waals surface area (Å²) in [5, 5.41) is 11.2. The van der Waals surface area contributed by atoms with Crippen LogP contribution in [0.2, 0.25) is 0 Å². The minimum Gasteiger partial charge on any atom is -0.378 e. The number of halogens is 1. The van der Waals surface area contributed by atoms with Gasteiger partial charge in [-0.15, -0.1) is 12.4 Å². The van der Waals surface area contributed by atoms with Crippen molar-refractivity contribution in [2.75, 3.05) is 20.2 Å². The van der Waals surface area contributed by atoms with Crippen LogP contribution in [0.3, 0.4) is 0 Å². The summed E-state index contributed by atoms with van der Waals surface area (Å²) in [6, 6.07) is 8.36. The molecule has 6 nitrogen and oxygen atoms in total. The maximum atomic E-state index is 12.9. The maximum Gasteiger partial charge on any atom is 0.242 e. The van der Waals surface area contributed by atoms with Crippen molar-refractivity contribution in [3.8, 4) is 0 Å². The van der Waals surface area contributed by atoms with Crippen molar-refractivity contribution in [2.45, 2.75) is 57.7 Å². The molecule has 1 aliphatic carbocycles. The van der Waals surface area contributed by atoms with Crippen molar-refractivity contribution in [2.24, 2.45) is 0 Å². The largest absolute Gasteiger partial charge is 0.378 e. The van der Waals surface area contributed by atoms with Gasteiger partial charge in [0.2, 0.25) is 5.91 Å². The number of aromatic nitrogens is 2. The van der Waals surface area contributed by atoms with E-state index in [-0.39, 0.29) is 42.4 Å². The van der Waals surface area contributed by atoms with E-state index >= 15 is 0 Å². The summed E-state index contributed by atoms with van der Waals surface area (Å²) in [5.74, 6) is -0.0292. The summed E-state index contributed by atoms with van der Waals surface area (Å²) in [7, 11) is 1.77. The number of hydrogen-bond donors (Lipinski definition) is 2. The molecule has 4 rings (SSSR count). The first-order valence-electron chi connectivity index (χ1n) is 10.1. The molecule has 7 heteroatoms. The Hall–Kier alpha value is -1.89. The van der Waals surface area contributed by atoms with Gasteiger partial charge in [-0.3, -0.25) is 9.48 Å². The standard InChI is InChI=1S/C22H30N4O2.ClH/c1-14-15(2)25-26(16(14)3)13-19(27)24-20-17-7-5-6-8-18(17)22(21(20)28-4)9-11-23-12-10-22;/h5-8,20-21,23H,9-13H2,1-4H3,(H,24,27);1H/t20-,21+;/m1./s1. The van der Waals surface area contributed by atoms with Crippen molar-refractivity contribution in [1.29, 1.82) is 0 Å². The molecule has 0 radical (unpaired) electrons. The highest BCUT2D eigenvalue weighted by atomic mass is 35.5. The molecule has 29 heavy (non-hydrogen) atoms. The van der Waals surface area contributed by atoms with E-state index in [4.69, 9.17) is 4.74 Å². The first kappa shape index (κ1) is 21.8. The summed E-state index contributed by atoms with van der Waals surface area (Å²) in [6.07, 6.45) is 1.98. The second-order valence-electron chi connectivity index (χ2n) is 8.15. The molecule has 158 valence electrons. The van der Waals surface area contributed by atoms with E-state index in [1.54, 1.807) is 11.8 Å². The van der Waals surface area contributed by atoms with Gasteiger partial charge >= 0.3 is 0 Å². The molecule has 2 N–H and O–H groups in total. The summed E-state index contributed by atoms with van der Waals surface area (Å²) in [5.41, 5.74) is 5.63. The van der Waals surface area contributed by atoms with Crippen molar-refractivity contribution < 1.29 is 9.53 Å². The second-order valence-corrected chi connectivity index (χ2v) is 8.15. The Morgan fingerprint density at radius 1 is 1.28 bits per heavy atom. The quantitative estimate of drug-likeness (QED) is 0.801. The molecule has 1 aliphatic heterocycles. The minimum atomic E-state index is -0.134. The summed E-state index contributed by atoms with van der Waals surface area (Å²) < 4.78 is 7.83. The van der Waals surface area contributed by atoms with E-state index in [1.165, 1.54) is 11.1 Å². The van der Waals surface area contributed by atoms with E-state index in [0.717, 1.165) is 42.9 Å². The highest BCUT2D eigenvalue weighted by Gasteiger charge is 2.53. The Kier molecular flexibility index (Phi) is 6.36. The topological polar surface area (TPSA) is 68.2 Å². The number of nitrogens with one attached hydrogen (secondary N) is 2. The third-order valence-electron chi connectivity index (χ3n) is 6.78. The molecule has 2 atom stereocenters. The van der Waals surface area contributed by atoms with Gasteiger partial charge in [0.15, 0.2) is 0 Å². The molecule has 1 saturated heterocycles. The average molecular weight is 419 g/mol. The number of nitrogens with zero attached hydrogens (tertiary/aromatic N) is 2. The number of fused-ring (bicyclic) bond motifs is 2. The number of benzene rings is 1. The van der Waals surface area contributed by atoms with Crippen molar-refractivity contribution in [3.05, 3.63) is 52.3 Å². The molecular weight excluding hydrogens is 388 g/mol. The predicted octanol–water partition coefficient (Wildman–Crippen LogP) is 2.74. The lowest BCUT2D eigenvalue weighted by molar-refractivity contribution is -0.124. The Balaban J connectivity index is 0.00000240. The Labute approximate surface area is 178 Å². The lowest BCUT2D eigenvalue weighted by atomic mass is 9.72. The van der Waals surface area contributed by atoms with Crippen molar-refractivity contribution in [1.82, 2.24) is 20.4 Å². The van der Waals surface area contributed by atoms with Crippen LogP contribution in [-0.4, -0.2) is 42.0 Å². The van der Waals surface area contributed by atoms with Crippen LogP contribution in [0, 0.1) is 20.8 Å². The van der Waals surface area contributed by atoms with Gasteiger partial charge in [0.05, 0.1) is 17.8 Å². The first-order valence-corrected chi connectivity index (χ1v) is 10.1. The molecule has 1 aromatic carbocycles. The number of piperidine rings is 1. The minimum absolute atomic E-state index is 0. The van der Waals surface area contributed by atoms with Crippen LogP contribution >= 0.6 is 12.4 Å². The van der Waals surface area contributed by atoms with Gasteiger partial charge < -0.3 is 15.4 Å². The number of methoxy groups -OCH3 is 1. The highest BCUT2D eigenvalue weighted by molar-refractivity contribution is 5.85. The molecular formula is C22H31ClN4O2. The van der Waals surface area contributed by atoms with Crippen LogP contribution in [0.1, 0.15) is 47.0 Å². The van der Waals surface area contributed by atoms with Crippen LogP contribution in [0.4, 0.5) is 0 Å². The van der Waals surface area contributed by atoms with Gasteiger partial charge in [0.25, 0.3) is 0 Å². The normalized spacial score (nSPS) is 22.2. The van der Waals surface area contributed by atoms with Gasteiger partial charge in [-0.1, -0.05) is 24.3 Å². The van der Waals surface area contributed by atoms with Gasteiger partial charge in [-0.2, -0.15) is 5.10 Å². The summed E-state index contributed by atoms with van der Waals surface area (Å²) in [4.78, 5) is 12.9. The average Bonchev–Trinajstić information content (AvgIpc) is 3.09. The Bertz CT molecular complexity index is 889. The zero-order valence-corrected chi connectivity index (χ0v) is 18.4. The van der Waals surface area contributed by atoms with E-state index in [1.807, 2.05) is 20.8 Å². The van der Waals surface area contributed by atoms with E-state index in [0.29, 0.717) is 0 Å². The smallest absolute Gasteiger partial charge is 0.242 e.